The summed E-state index contributed by atoms with van der Waals surface area (Å²) in [6, 6.07) is 17.0. The summed E-state index contributed by atoms with van der Waals surface area (Å²) in [7, 11) is 0. The van der Waals surface area contributed by atoms with Crippen LogP contribution in [0.3, 0.4) is 0 Å². The highest BCUT2D eigenvalue weighted by Crippen LogP contribution is 2.20. The molecule has 2 aromatic carbocycles. The number of carbonyl (C=O) groups is 2. The topological polar surface area (TPSA) is 49.9 Å². The van der Waals surface area contributed by atoms with Crippen LogP contribution in [0.25, 0.3) is 0 Å². The van der Waals surface area contributed by atoms with Crippen molar-refractivity contribution in [3.63, 3.8) is 0 Å². The maximum absolute atomic E-state index is 12.7. The van der Waals surface area contributed by atoms with Crippen LogP contribution >= 0.6 is 0 Å². The van der Waals surface area contributed by atoms with Crippen molar-refractivity contribution < 1.29 is 14.3 Å². The Morgan fingerprint density at radius 2 is 1.62 bits per heavy atom. The van der Waals surface area contributed by atoms with E-state index >= 15 is 0 Å². The third kappa shape index (κ3) is 5.34. The summed E-state index contributed by atoms with van der Waals surface area (Å²) in [5, 5.41) is 0. The Morgan fingerprint density at radius 1 is 0.962 bits per heavy atom. The van der Waals surface area contributed by atoms with Crippen LogP contribution in [0.4, 0.5) is 5.69 Å². The number of amides is 2. The highest BCUT2D eigenvalue weighted by molar-refractivity contribution is 5.97. The van der Waals surface area contributed by atoms with Gasteiger partial charge in [0.25, 0.3) is 0 Å². The fourth-order valence-corrected chi connectivity index (χ4v) is 2.69. The van der Waals surface area contributed by atoms with Gasteiger partial charge in [-0.25, -0.2) is 0 Å². The summed E-state index contributed by atoms with van der Waals surface area (Å²) in [4.78, 5) is 28.1. The molecule has 0 aliphatic carbocycles. The van der Waals surface area contributed by atoms with Crippen LogP contribution in [-0.4, -0.2) is 36.4 Å². The number of ether oxygens (including phenoxy) is 1. The van der Waals surface area contributed by atoms with Crippen LogP contribution in [0.1, 0.15) is 26.3 Å². The molecule has 0 heterocycles. The second-order valence-corrected chi connectivity index (χ2v) is 5.93. The Kier molecular flexibility index (Phi) is 7.21. The van der Waals surface area contributed by atoms with Gasteiger partial charge in [0.15, 0.2) is 0 Å². The van der Waals surface area contributed by atoms with E-state index in [4.69, 9.17) is 4.74 Å². The van der Waals surface area contributed by atoms with Crippen LogP contribution in [0, 0.1) is 0 Å². The van der Waals surface area contributed by atoms with Gasteiger partial charge in [0, 0.05) is 25.7 Å². The van der Waals surface area contributed by atoms with Gasteiger partial charge < -0.3 is 14.5 Å². The molecule has 2 amide bonds. The zero-order valence-corrected chi connectivity index (χ0v) is 15.6. The van der Waals surface area contributed by atoms with Gasteiger partial charge >= 0.3 is 0 Å². The number of rotatable bonds is 8. The molecule has 0 saturated carbocycles. The van der Waals surface area contributed by atoms with E-state index in [0.717, 1.165) is 11.3 Å². The minimum atomic E-state index is -0.168. The van der Waals surface area contributed by atoms with E-state index < -0.39 is 0 Å². The first-order valence-electron chi connectivity index (χ1n) is 8.87. The van der Waals surface area contributed by atoms with Crippen molar-refractivity contribution in [1.82, 2.24) is 4.90 Å². The van der Waals surface area contributed by atoms with Crippen LogP contribution < -0.4 is 9.64 Å². The maximum Gasteiger partial charge on any atom is 0.242 e. The van der Waals surface area contributed by atoms with E-state index in [1.807, 2.05) is 44.2 Å². The number of hydrogen-bond acceptors (Lipinski definition) is 3. The molecule has 0 saturated heterocycles. The molecule has 2 aromatic rings. The zero-order valence-electron chi connectivity index (χ0n) is 15.6. The smallest absolute Gasteiger partial charge is 0.242 e. The van der Waals surface area contributed by atoms with Crippen LogP contribution in [0.5, 0.6) is 5.75 Å². The van der Waals surface area contributed by atoms with E-state index in [2.05, 4.69) is 0 Å². The number of anilines is 1. The predicted octanol–water partition coefficient (Wildman–Crippen LogP) is 3.49. The van der Waals surface area contributed by atoms with E-state index in [1.165, 1.54) is 11.8 Å². The second-order valence-electron chi connectivity index (χ2n) is 5.93. The third-order valence-corrected chi connectivity index (χ3v) is 4.08. The number of carbonyl (C=O) groups excluding carboxylic acids is 2. The summed E-state index contributed by atoms with van der Waals surface area (Å²) in [5.41, 5.74) is 1.75. The third-order valence-electron chi connectivity index (χ3n) is 4.08. The summed E-state index contributed by atoms with van der Waals surface area (Å²) in [6.45, 7) is 7.05. The predicted molar refractivity (Wildman–Crippen MR) is 103 cm³/mol. The molecule has 5 heteroatoms. The van der Waals surface area contributed by atoms with Crippen molar-refractivity contribution in [2.45, 2.75) is 27.3 Å². The Bertz CT molecular complexity index is 714. The second kappa shape index (κ2) is 9.61. The first kappa shape index (κ1) is 19.5. The summed E-state index contributed by atoms with van der Waals surface area (Å²) in [6.07, 6.45) is 0. The highest BCUT2D eigenvalue weighted by Gasteiger charge is 2.20. The Balaban J connectivity index is 2.09. The van der Waals surface area contributed by atoms with Gasteiger partial charge in [0.05, 0.1) is 6.61 Å². The quantitative estimate of drug-likeness (QED) is 0.729. The highest BCUT2D eigenvalue weighted by atomic mass is 16.5. The number of benzene rings is 2. The van der Waals surface area contributed by atoms with Gasteiger partial charge in [-0.15, -0.1) is 0 Å². The van der Waals surface area contributed by atoms with Crippen molar-refractivity contribution >= 4 is 17.5 Å². The van der Waals surface area contributed by atoms with Gasteiger partial charge in [-0.2, -0.15) is 0 Å². The Labute approximate surface area is 155 Å². The van der Waals surface area contributed by atoms with Crippen molar-refractivity contribution in [2.24, 2.45) is 0 Å². The largest absolute Gasteiger partial charge is 0.494 e. The molecule has 2 rings (SSSR count). The average Bonchev–Trinajstić information content (AvgIpc) is 2.65. The molecule has 0 fully saturated rings. The lowest BCUT2D eigenvalue weighted by molar-refractivity contribution is -0.131. The number of hydrogen-bond donors (Lipinski definition) is 0. The lowest BCUT2D eigenvalue weighted by Crippen LogP contribution is -2.42. The maximum atomic E-state index is 12.7. The van der Waals surface area contributed by atoms with Gasteiger partial charge in [-0.3, -0.25) is 9.59 Å². The molecule has 0 unspecified atom stereocenters. The minimum Gasteiger partial charge on any atom is -0.494 e. The monoisotopic (exact) mass is 354 g/mol. The molecule has 0 aliphatic rings. The molecule has 0 bridgehead atoms. The summed E-state index contributed by atoms with van der Waals surface area (Å²) < 4.78 is 5.43. The van der Waals surface area contributed by atoms with Gasteiger partial charge in [-0.05, 0) is 43.7 Å². The standard InChI is InChI=1S/C21H26N2O3/c1-4-22(15-18-9-7-6-8-10-18)21(25)16-23(17(3)24)19-11-13-20(14-12-19)26-5-2/h6-14H,4-5,15-16H2,1-3H3. The molecule has 0 radical (unpaired) electrons. The van der Waals surface area contributed by atoms with Crippen molar-refractivity contribution in [3.05, 3.63) is 60.2 Å². The van der Waals surface area contributed by atoms with Gasteiger partial charge in [0.2, 0.25) is 11.8 Å². The fourth-order valence-electron chi connectivity index (χ4n) is 2.69. The molecule has 0 atom stereocenters. The molecule has 138 valence electrons. The summed E-state index contributed by atoms with van der Waals surface area (Å²) >= 11 is 0. The molecular weight excluding hydrogens is 328 g/mol. The first-order chi connectivity index (χ1) is 12.5. The number of likely N-dealkylation sites (N-methyl/N-ethyl adjacent to an activating group) is 1. The lowest BCUT2D eigenvalue weighted by Gasteiger charge is -2.26. The molecule has 26 heavy (non-hydrogen) atoms. The molecular formula is C21H26N2O3. The zero-order chi connectivity index (χ0) is 18.9. The summed E-state index contributed by atoms with van der Waals surface area (Å²) in [5.74, 6) is 0.490. The van der Waals surface area contributed by atoms with E-state index in [-0.39, 0.29) is 18.4 Å². The first-order valence-corrected chi connectivity index (χ1v) is 8.87. The Morgan fingerprint density at radius 3 is 2.15 bits per heavy atom. The van der Waals surface area contributed by atoms with E-state index in [1.54, 1.807) is 29.2 Å². The minimum absolute atomic E-state index is 0.0178. The molecule has 0 N–H and O–H groups in total. The van der Waals surface area contributed by atoms with Crippen molar-refractivity contribution in [2.75, 3.05) is 24.6 Å². The fraction of sp³-hybridized carbons (Fsp3) is 0.333. The van der Waals surface area contributed by atoms with Crippen molar-refractivity contribution in [3.8, 4) is 5.75 Å². The van der Waals surface area contributed by atoms with Gasteiger partial charge in [0.1, 0.15) is 12.3 Å². The van der Waals surface area contributed by atoms with E-state index in [0.29, 0.717) is 25.4 Å². The number of nitrogens with zero attached hydrogens (tertiary/aromatic N) is 2. The average molecular weight is 354 g/mol. The van der Waals surface area contributed by atoms with Crippen LogP contribution in [0.15, 0.2) is 54.6 Å². The van der Waals surface area contributed by atoms with Crippen LogP contribution in [0.2, 0.25) is 0 Å². The lowest BCUT2D eigenvalue weighted by atomic mass is 10.2. The molecule has 0 spiro atoms. The van der Waals surface area contributed by atoms with Crippen molar-refractivity contribution in [1.29, 1.82) is 0 Å². The van der Waals surface area contributed by atoms with E-state index in [9.17, 15) is 9.59 Å². The molecule has 5 nitrogen and oxygen atoms in total. The van der Waals surface area contributed by atoms with Gasteiger partial charge in [-0.1, -0.05) is 30.3 Å². The SMILES string of the molecule is CCOc1ccc(N(CC(=O)N(CC)Cc2ccccc2)C(C)=O)cc1. The Hall–Kier alpha value is -2.82. The van der Waals surface area contributed by atoms with Crippen LogP contribution in [-0.2, 0) is 16.1 Å². The normalized spacial score (nSPS) is 10.3. The molecule has 0 aromatic heterocycles. The molecule has 0 aliphatic heterocycles.